The first kappa shape index (κ1) is 15.8. The summed E-state index contributed by atoms with van der Waals surface area (Å²) in [5.41, 5.74) is 7.89. The van der Waals surface area contributed by atoms with Gasteiger partial charge in [0.1, 0.15) is 5.75 Å². The monoisotopic (exact) mass is 264 g/mol. The van der Waals surface area contributed by atoms with Crippen LogP contribution in [0.1, 0.15) is 40.2 Å². The first-order valence-corrected chi connectivity index (χ1v) is 7.22. The topological polar surface area (TPSA) is 38.5 Å². The normalized spacial score (nSPS) is 11.6. The summed E-state index contributed by atoms with van der Waals surface area (Å²) in [5, 5.41) is 0. The number of nitrogens with two attached hydrogens (primary N) is 1. The lowest BCUT2D eigenvalue weighted by Gasteiger charge is -2.30. The van der Waals surface area contributed by atoms with Crippen LogP contribution in [0.3, 0.4) is 0 Å². The zero-order chi connectivity index (χ0) is 14.4. The first-order chi connectivity index (χ1) is 8.95. The molecule has 0 aliphatic carbocycles. The third kappa shape index (κ3) is 4.75. The first-order valence-electron chi connectivity index (χ1n) is 7.22. The fraction of sp³-hybridized carbons (Fsp3) is 0.625. The summed E-state index contributed by atoms with van der Waals surface area (Å²) in [7, 11) is 0. The molecule has 0 atom stereocenters. The van der Waals surface area contributed by atoms with Crippen LogP contribution >= 0.6 is 0 Å². The molecule has 0 fully saturated rings. The van der Waals surface area contributed by atoms with Gasteiger partial charge in [0.2, 0.25) is 0 Å². The van der Waals surface area contributed by atoms with Crippen molar-refractivity contribution in [2.75, 3.05) is 18.9 Å². The summed E-state index contributed by atoms with van der Waals surface area (Å²) < 4.78 is 5.67. The molecule has 108 valence electrons. The molecule has 0 unspecified atom stereocenters. The molecule has 0 aliphatic heterocycles. The van der Waals surface area contributed by atoms with Crippen molar-refractivity contribution in [3.05, 3.63) is 23.8 Å². The van der Waals surface area contributed by atoms with Gasteiger partial charge >= 0.3 is 0 Å². The maximum atomic E-state index is 5.88. The Hall–Kier alpha value is -1.22. The van der Waals surface area contributed by atoms with Crippen molar-refractivity contribution in [3.8, 4) is 5.75 Å². The van der Waals surface area contributed by atoms with Crippen molar-refractivity contribution in [2.24, 2.45) is 0 Å². The van der Waals surface area contributed by atoms with E-state index in [0.717, 1.165) is 24.4 Å². The van der Waals surface area contributed by atoms with Crippen molar-refractivity contribution in [1.82, 2.24) is 4.90 Å². The molecular formula is C16H28N2O. The van der Waals surface area contributed by atoms with Crippen LogP contribution in [0.25, 0.3) is 0 Å². The molecule has 1 aromatic carbocycles. The molecule has 0 bridgehead atoms. The summed E-state index contributed by atoms with van der Waals surface area (Å²) >= 11 is 0. The number of nitrogen functional groups attached to an aromatic ring is 1. The van der Waals surface area contributed by atoms with Gasteiger partial charge in [0, 0.05) is 24.3 Å². The lowest BCUT2D eigenvalue weighted by Crippen LogP contribution is -2.38. The standard InChI is InChI=1S/C16H28N2O/c1-6-19-16-8-7-15(17)11-14(16)9-10-18(12(2)3)13(4)5/h7-8,11-13H,6,9-10,17H2,1-5H3. The quantitative estimate of drug-likeness (QED) is 0.768. The van der Waals surface area contributed by atoms with E-state index in [-0.39, 0.29) is 0 Å². The van der Waals surface area contributed by atoms with Crippen LogP contribution in [-0.4, -0.2) is 30.1 Å². The van der Waals surface area contributed by atoms with Gasteiger partial charge in [0.05, 0.1) is 6.61 Å². The molecule has 0 heterocycles. The van der Waals surface area contributed by atoms with Crippen molar-refractivity contribution >= 4 is 5.69 Å². The minimum Gasteiger partial charge on any atom is -0.494 e. The van der Waals surface area contributed by atoms with E-state index in [0.29, 0.717) is 18.7 Å². The molecule has 1 aromatic rings. The molecule has 0 spiro atoms. The Morgan fingerprint density at radius 3 is 2.32 bits per heavy atom. The SMILES string of the molecule is CCOc1ccc(N)cc1CCN(C(C)C)C(C)C. The number of hydrogen-bond donors (Lipinski definition) is 1. The molecular weight excluding hydrogens is 236 g/mol. The molecule has 3 heteroatoms. The summed E-state index contributed by atoms with van der Waals surface area (Å²) in [6, 6.07) is 7.01. The summed E-state index contributed by atoms with van der Waals surface area (Å²) in [5.74, 6) is 0.962. The highest BCUT2D eigenvalue weighted by Crippen LogP contribution is 2.22. The summed E-state index contributed by atoms with van der Waals surface area (Å²) in [4.78, 5) is 2.49. The van der Waals surface area contributed by atoms with Crippen molar-refractivity contribution in [1.29, 1.82) is 0 Å². The second-order valence-corrected chi connectivity index (χ2v) is 5.48. The summed E-state index contributed by atoms with van der Waals surface area (Å²) in [6.07, 6.45) is 0.969. The van der Waals surface area contributed by atoms with Crippen LogP contribution in [0.15, 0.2) is 18.2 Å². The Labute approximate surface area is 117 Å². The second-order valence-electron chi connectivity index (χ2n) is 5.48. The van der Waals surface area contributed by atoms with E-state index >= 15 is 0 Å². The van der Waals surface area contributed by atoms with Crippen molar-refractivity contribution in [3.63, 3.8) is 0 Å². The Bertz CT molecular complexity index is 380. The molecule has 0 aromatic heterocycles. The lowest BCUT2D eigenvalue weighted by molar-refractivity contribution is 0.177. The maximum absolute atomic E-state index is 5.88. The van der Waals surface area contributed by atoms with Gasteiger partial charge in [0.15, 0.2) is 0 Å². The third-order valence-corrected chi connectivity index (χ3v) is 3.35. The van der Waals surface area contributed by atoms with Crippen LogP contribution < -0.4 is 10.5 Å². The number of rotatable bonds is 7. The van der Waals surface area contributed by atoms with Crippen LogP contribution in [0, 0.1) is 0 Å². The zero-order valence-corrected chi connectivity index (χ0v) is 12.9. The predicted molar refractivity (Wildman–Crippen MR) is 82.7 cm³/mol. The highest BCUT2D eigenvalue weighted by Gasteiger charge is 2.14. The van der Waals surface area contributed by atoms with Crippen molar-refractivity contribution < 1.29 is 4.74 Å². The fourth-order valence-electron chi connectivity index (χ4n) is 2.45. The van der Waals surface area contributed by atoms with Gasteiger partial charge in [-0.2, -0.15) is 0 Å². The van der Waals surface area contributed by atoms with Gasteiger partial charge in [0.25, 0.3) is 0 Å². The Morgan fingerprint density at radius 2 is 1.79 bits per heavy atom. The molecule has 19 heavy (non-hydrogen) atoms. The number of benzene rings is 1. The van der Waals surface area contributed by atoms with Crippen LogP contribution in [-0.2, 0) is 6.42 Å². The average Bonchev–Trinajstić information content (AvgIpc) is 2.32. The average molecular weight is 264 g/mol. The van der Waals surface area contributed by atoms with E-state index in [4.69, 9.17) is 10.5 Å². The Morgan fingerprint density at radius 1 is 1.16 bits per heavy atom. The Kier molecular flexibility index (Phi) is 6.16. The van der Waals surface area contributed by atoms with E-state index in [1.54, 1.807) is 0 Å². The lowest BCUT2D eigenvalue weighted by atomic mass is 10.1. The minimum absolute atomic E-state index is 0.552. The minimum atomic E-state index is 0.552. The predicted octanol–water partition coefficient (Wildman–Crippen LogP) is 3.33. The van der Waals surface area contributed by atoms with Crippen molar-refractivity contribution in [2.45, 2.75) is 53.1 Å². The Balaban J connectivity index is 2.77. The van der Waals surface area contributed by atoms with Crippen LogP contribution in [0.4, 0.5) is 5.69 Å². The maximum Gasteiger partial charge on any atom is 0.122 e. The van der Waals surface area contributed by atoms with Gasteiger partial charge < -0.3 is 10.5 Å². The number of nitrogens with zero attached hydrogens (tertiary/aromatic N) is 1. The van der Waals surface area contributed by atoms with Gasteiger partial charge in [-0.25, -0.2) is 0 Å². The molecule has 0 saturated heterocycles. The number of ether oxygens (including phenoxy) is 1. The van der Waals surface area contributed by atoms with Gasteiger partial charge in [-0.1, -0.05) is 0 Å². The van der Waals surface area contributed by atoms with E-state index in [1.807, 2.05) is 25.1 Å². The highest BCUT2D eigenvalue weighted by molar-refractivity contribution is 5.48. The smallest absolute Gasteiger partial charge is 0.122 e. The highest BCUT2D eigenvalue weighted by atomic mass is 16.5. The molecule has 0 saturated carbocycles. The largest absolute Gasteiger partial charge is 0.494 e. The molecule has 3 nitrogen and oxygen atoms in total. The fourth-order valence-corrected chi connectivity index (χ4v) is 2.45. The zero-order valence-electron chi connectivity index (χ0n) is 12.9. The number of hydrogen-bond acceptors (Lipinski definition) is 3. The van der Waals surface area contributed by atoms with E-state index < -0.39 is 0 Å². The molecule has 0 aliphatic rings. The second kappa shape index (κ2) is 7.39. The van der Waals surface area contributed by atoms with Gasteiger partial charge in [-0.05, 0) is 64.8 Å². The molecule has 0 amide bonds. The number of anilines is 1. The third-order valence-electron chi connectivity index (χ3n) is 3.35. The molecule has 1 rings (SSSR count). The van der Waals surface area contributed by atoms with E-state index in [1.165, 1.54) is 5.56 Å². The molecule has 0 radical (unpaired) electrons. The van der Waals surface area contributed by atoms with Crippen LogP contribution in [0.5, 0.6) is 5.75 Å². The van der Waals surface area contributed by atoms with Gasteiger partial charge in [-0.15, -0.1) is 0 Å². The molecule has 2 N–H and O–H groups in total. The van der Waals surface area contributed by atoms with Gasteiger partial charge in [-0.3, -0.25) is 4.90 Å². The van der Waals surface area contributed by atoms with E-state index in [2.05, 4.69) is 32.6 Å². The van der Waals surface area contributed by atoms with E-state index in [9.17, 15) is 0 Å². The summed E-state index contributed by atoms with van der Waals surface area (Å²) in [6.45, 7) is 12.7. The van der Waals surface area contributed by atoms with Crippen LogP contribution in [0.2, 0.25) is 0 Å².